The van der Waals surface area contributed by atoms with E-state index < -0.39 is 0 Å². The van der Waals surface area contributed by atoms with Crippen molar-refractivity contribution < 1.29 is 4.42 Å². The molecule has 1 aromatic rings. The van der Waals surface area contributed by atoms with Crippen molar-refractivity contribution in [1.82, 2.24) is 4.98 Å². The van der Waals surface area contributed by atoms with Crippen LogP contribution in [-0.4, -0.2) is 4.98 Å². The quantitative estimate of drug-likeness (QED) is 0.550. The third kappa shape index (κ3) is 1.14. The monoisotopic (exact) mass is 197 g/mol. The van der Waals surface area contributed by atoms with E-state index in [0.29, 0.717) is 0 Å². The highest BCUT2D eigenvalue weighted by Gasteiger charge is 2.16. The second-order valence-corrected chi connectivity index (χ2v) is 3.85. The number of aryl methyl sites for hydroxylation is 2. The molecule has 15 heavy (non-hydrogen) atoms. The van der Waals surface area contributed by atoms with Gasteiger partial charge in [0.1, 0.15) is 5.76 Å². The highest BCUT2D eigenvalue weighted by Crippen LogP contribution is 2.34. The molecule has 0 spiro atoms. The van der Waals surface area contributed by atoms with E-state index in [1.807, 2.05) is 25.1 Å². The van der Waals surface area contributed by atoms with Crippen LogP contribution in [0.5, 0.6) is 0 Å². The summed E-state index contributed by atoms with van der Waals surface area (Å²) in [6, 6.07) is 10.2. The van der Waals surface area contributed by atoms with E-state index >= 15 is 0 Å². The molecule has 74 valence electrons. The van der Waals surface area contributed by atoms with Crippen molar-refractivity contribution >= 4 is 10.9 Å². The average Bonchev–Trinajstić information content (AvgIpc) is 2.54. The van der Waals surface area contributed by atoms with Crippen LogP contribution in [0, 0.1) is 13.8 Å². The maximum atomic E-state index is 5.62. The minimum absolute atomic E-state index is 0.744. The van der Waals surface area contributed by atoms with Gasteiger partial charge in [-0.05, 0) is 31.5 Å². The van der Waals surface area contributed by atoms with E-state index in [4.69, 9.17) is 4.42 Å². The number of hydrogen-bond acceptors (Lipinski definition) is 2. The van der Waals surface area contributed by atoms with Crippen LogP contribution in [-0.2, 0) is 0 Å². The molecule has 2 aliphatic heterocycles. The topological polar surface area (TPSA) is 26.0 Å². The number of fused-ring (bicyclic) bond motifs is 3. The van der Waals surface area contributed by atoms with Gasteiger partial charge in [0, 0.05) is 10.9 Å². The number of rotatable bonds is 0. The van der Waals surface area contributed by atoms with Gasteiger partial charge in [0.2, 0.25) is 5.89 Å². The Balaban J connectivity index is 2.54. The summed E-state index contributed by atoms with van der Waals surface area (Å²) < 4.78 is 5.62. The van der Waals surface area contributed by atoms with E-state index in [1.54, 1.807) is 0 Å². The molecule has 0 saturated carbocycles. The molecule has 0 saturated heterocycles. The summed E-state index contributed by atoms with van der Waals surface area (Å²) in [4.78, 5) is 4.47. The molecule has 0 unspecified atom stereocenters. The first-order chi connectivity index (χ1) is 7.25. The lowest BCUT2D eigenvalue weighted by Crippen LogP contribution is -1.84. The first-order valence-corrected chi connectivity index (χ1v) is 5.01. The lowest BCUT2D eigenvalue weighted by molar-refractivity contribution is 0.518. The fraction of sp³-hybridized carbons (Fsp3) is 0.154. The number of benzene rings is 1. The zero-order chi connectivity index (χ0) is 10.4. The number of aromatic nitrogens is 1. The Labute approximate surface area is 87.9 Å². The lowest BCUT2D eigenvalue weighted by Gasteiger charge is -2.03. The predicted molar refractivity (Wildman–Crippen MR) is 60.1 cm³/mol. The molecule has 1 aromatic carbocycles. The van der Waals surface area contributed by atoms with Crippen LogP contribution in [0.25, 0.3) is 22.4 Å². The zero-order valence-corrected chi connectivity index (χ0v) is 8.74. The maximum Gasteiger partial charge on any atom is 0.227 e. The molecule has 0 amide bonds. The van der Waals surface area contributed by atoms with E-state index in [9.17, 15) is 0 Å². The van der Waals surface area contributed by atoms with Crippen LogP contribution in [0.15, 0.2) is 34.7 Å². The van der Waals surface area contributed by atoms with Crippen molar-refractivity contribution in [2.75, 3.05) is 0 Å². The Morgan fingerprint density at radius 2 is 1.93 bits per heavy atom. The Morgan fingerprint density at radius 1 is 1.13 bits per heavy atom. The second kappa shape index (κ2) is 2.83. The molecular formula is C13H11NO. The van der Waals surface area contributed by atoms with Crippen LogP contribution < -0.4 is 0 Å². The highest BCUT2D eigenvalue weighted by molar-refractivity contribution is 5.97. The summed E-state index contributed by atoms with van der Waals surface area (Å²) in [6.07, 6.45) is 0. The van der Waals surface area contributed by atoms with E-state index in [1.165, 1.54) is 10.9 Å². The van der Waals surface area contributed by atoms with Crippen LogP contribution in [0.3, 0.4) is 0 Å². The first kappa shape index (κ1) is 8.48. The van der Waals surface area contributed by atoms with Crippen molar-refractivity contribution in [3.05, 3.63) is 41.7 Å². The summed E-state index contributed by atoms with van der Waals surface area (Å²) in [6.45, 7) is 4.05. The lowest BCUT2D eigenvalue weighted by atomic mass is 10.1. The summed E-state index contributed by atoms with van der Waals surface area (Å²) in [7, 11) is 0. The van der Waals surface area contributed by atoms with Gasteiger partial charge in [0.25, 0.3) is 0 Å². The summed E-state index contributed by atoms with van der Waals surface area (Å²) in [5, 5.41) is 1.17. The number of para-hydroxylation sites is 1. The van der Waals surface area contributed by atoms with Crippen molar-refractivity contribution in [1.29, 1.82) is 0 Å². The molecule has 0 fully saturated rings. The van der Waals surface area contributed by atoms with Gasteiger partial charge in [-0.2, -0.15) is 0 Å². The van der Waals surface area contributed by atoms with Crippen molar-refractivity contribution in [3.63, 3.8) is 0 Å². The number of nitrogens with zero attached hydrogens (tertiary/aromatic N) is 1. The average molecular weight is 197 g/mol. The minimum atomic E-state index is 0.744. The van der Waals surface area contributed by atoms with Gasteiger partial charge in [-0.25, -0.2) is 4.98 Å². The van der Waals surface area contributed by atoms with Crippen LogP contribution in [0.1, 0.15) is 11.3 Å². The van der Waals surface area contributed by atoms with Crippen LogP contribution in [0.2, 0.25) is 0 Å². The summed E-state index contributed by atoms with van der Waals surface area (Å²) in [5.74, 6) is 1.65. The molecule has 3 rings (SSSR count). The Morgan fingerprint density at radius 3 is 2.80 bits per heavy atom. The molecule has 2 aliphatic rings. The largest absolute Gasteiger partial charge is 0.443 e. The van der Waals surface area contributed by atoms with E-state index in [0.717, 1.165) is 22.7 Å². The normalized spacial score (nSPS) is 11.3. The van der Waals surface area contributed by atoms with Gasteiger partial charge in [-0.15, -0.1) is 0 Å². The second-order valence-electron chi connectivity index (χ2n) is 3.85. The Hall–Kier alpha value is -1.83. The molecule has 0 atom stereocenters. The van der Waals surface area contributed by atoms with Crippen LogP contribution in [0.4, 0.5) is 0 Å². The fourth-order valence-electron chi connectivity index (χ4n) is 2.08. The molecule has 0 N–H and O–H groups in total. The SMILES string of the molecule is Cc1cc(C)c2c3ccccc3nc-2o1. The molecule has 0 radical (unpaired) electrons. The van der Waals surface area contributed by atoms with Crippen molar-refractivity contribution in [2.24, 2.45) is 0 Å². The molecule has 0 aromatic heterocycles. The number of hydrogen-bond donors (Lipinski definition) is 0. The molecule has 2 heteroatoms. The zero-order valence-electron chi connectivity index (χ0n) is 8.74. The third-order valence-electron chi connectivity index (χ3n) is 2.68. The summed E-state index contributed by atoms with van der Waals surface area (Å²) >= 11 is 0. The molecule has 2 heterocycles. The fourth-order valence-corrected chi connectivity index (χ4v) is 2.08. The van der Waals surface area contributed by atoms with Gasteiger partial charge in [0.15, 0.2) is 0 Å². The van der Waals surface area contributed by atoms with Gasteiger partial charge in [0.05, 0.1) is 5.52 Å². The third-order valence-corrected chi connectivity index (χ3v) is 2.68. The maximum absolute atomic E-state index is 5.62. The highest BCUT2D eigenvalue weighted by atomic mass is 16.3. The van der Waals surface area contributed by atoms with Crippen molar-refractivity contribution in [2.45, 2.75) is 13.8 Å². The Bertz CT molecular complexity index is 609. The molecular weight excluding hydrogens is 186 g/mol. The van der Waals surface area contributed by atoms with Gasteiger partial charge < -0.3 is 4.42 Å². The van der Waals surface area contributed by atoms with Crippen LogP contribution >= 0.6 is 0 Å². The minimum Gasteiger partial charge on any atom is -0.443 e. The first-order valence-electron chi connectivity index (χ1n) is 5.01. The molecule has 2 nitrogen and oxygen atoms in total. The van der Waals surface area contributed by atoms with Gasteiger partial charge in [-0.3, -0.25) is 0 Å². The molecule has 0 aliphatic carbocycles. The van der Waals surface area contributed by atoms with E-state index in [-0.39, 0.29) is 0 Å². The standard InChI is InChI=1S/C13H11NO/c1-8-7-9(2)15-13-12(8)10-5-3-4-6-11(10)14-13/h3-7H,1-2H3. The van der Waals surface area contributed by atoms with E-state index in [2.05, 4.69) is 24.0 Å². The smallest absolute Gasteiger partial charge is 0.227 e. The van der Waals surface area contributed by atoms with Crippen molar-refractivity contribution in [3.8, 4) is 11.5 Å². The molecule has 0 bridgehead atoms. The summed E-state index contributed by atoms with van der Waals surface area (Å²) in [5.41, 5.74) is 3.36. The Kier molecular flexibility index (Phi) is 1.60. The van der Waals surface area contributed by atoms with Gasteiger partial charge in [-0.1, -0.05) is 18.2 Å². The predicted octanol–water partition coefficient (Wildman–Crippen LogP) is 3.55. The van der Waals surface area contributed by atoms with Gasteiger partial charge >= 0.3 is 0 Å².